The van der Waals surface area contributed by atoms with Crippen molar-refractivity contribution >= 4 is 33.2 Å². The SMILES string of the molecule is CC(O)CC(C)(C)CNC(=O)c1ccc(Br)s1. The molecule has 3 nitrogen and oxygen atoms in total. The third kappa shape index (κ3) is 5.19. The standard InChI is InChI=1S/C12H18BrNO2S/c1-8(15)6-12(2,3)7-14-11(16)9-4-5-10(13)17-9/h4-5,8,15H,6-7H2,1-3H3,(H,14,16). The maximum atomic E-state index is 11.8. The number of carbonyl (C=O) groups excluding carboxylic acids is 1. The van der Waals surface area contributed by atoms with Gasteiger partial charge in [0.2, 0.25) is 0 Å². The molecule has 0 radical (unpaired) electrons. The van der Waals surface area contributed by atoms with Gasteiger partial charge in [0.1, 0.15) is 0 Å². The molecule has 1 atom stereocenters. The van der Waals surface area contributed by atoms with Crippen LogP contribution in [0.2, 0.25) is 0 Å². The number of amides is 1. The highest BCUT2D eigenvalue weighted by Crippen LogP contribution is 2.23. The fourth-order valence-corrected chi connectivity index (χ4v) is 3.02. The van der Waals surface area contributed by atoms with Gasteiger partial charge in [-0.25, -0.2) is 0 Å². The Morgan fingerprint density at radius 2 is 2.24 bits per heavy atom. The summed E-state index contributed by atoms with van der Waals surface area (Å²) in [6.07, 6.45) is 0.319. The molecule has 96 valence electrons. The van der Waals surface area contributed by atoms with E-state index < -0.39 is 0 Å². The maximum absolute atomic E-state index is 11.8. The fraction of sp³-hybridized carbons (Fsp3) is 0.583. The summed E-state index contributed by atoms with van der Waals surface area (Å²) in [6.45, 7) is 6.39. The Labute approximate surface area is 114 Å². The van der Waals surface area contributed by atoms with Crippen LogP contribution in [0.1, 0.15) is 36.9 Å². The summed E-state index contributed by atoms with van der Waals surface area (Å²) in [5.41, 5.74) is -0.0989. The zero-order valence-electron chi connectivity index (χ0n) is 10.3. The van der Waals surface area contributed by atoms with E-state index >= 15 is 0 Å². The van der Waals surface area contributed by atoms with Crippen LogP contribution in [0.25, 0.3) is 0 Å². The number of hydrogen-bond donors (Lipinski definition) is 2. The van der Waals surface area contributed by atoms with E-state index in [-0.39, 0.29) is 17.4 Å². The molecule has 0 aliphatic heterocycles. The topological polar surface area (TPSA) is 49.3 Å². The summed E-state index contributed by atoms with van der Waals surface area (Å²) >= 11 is 4.74. The average molecular weight is 320 g/mol. The molecule has 1 aromatic rings. The third-order valence-corrected chi connectivity index (χ3v) is 3.99. The average Bonchev–Trinajstić information content (AvgIpc) is 2.59. The molecule has 0 saturated heterocycles. The summed E-state index contributed by atoms with van der Waals surface area (Å²) in [7, 11) is 0. The van der Waals surface area contributed by atoms with Crippen molar-refractivity contribution in [3.63, 3.8) is 0 Å². The van der Waals surface area contributed by atoms with Gasteiger partial charge < -0.3 is 10.4 Å². The van der Waals surface area contributed by atoms with Gasteiger partial charge in [-0.15, -0.1) is 11.3 Å². The van der Waals surface area contributed by atoms with Crippen LogP contribution in [0, 0.1) is 5.41 Å². The number of aliphatic hydroxyl groups is 1. The van der Waals surface area contributed by atoms with Crippen LogP contribution in [-0.4, -0.2) is 23.7 Å². The molecule has 0 aliphatic carbocycles. The normalized spacial score (nSPS) is 13.5. The summed E-state index contributed by atoms with van der Waals surface area (Å²) in [5.74, 6) is -0.0561. The highest BCUT2D eigenvalue weighted by molar-refractivity contribution is 9.11. The lowest BCUT2D eigenvalue weighted by Gasteiger charge is -2.26. The lowest BCUT2D eigenvalue weighted by Crippen LogP contribution is -2.35. The van der Waals surface area contributed by atoms with Crippen molar-refractivity contribution in [2.45, 2.75) is 33.3 Å². The first-order valence-corrected chi connectivity index (χ1v) is 7.13. The first-order valence-electron chi connectivity index (χ1n) is 5.52. The third-order valence-electron chi connectivity index (χ3n) is 2.37. The van der Waals surface area contributed by atoms with Gasteiger partial charge in [-0.3, -0.25) is 4.79 Å². The quantitative estimate of drug-likeness (QED) is 0.876. The molecule has 2 N–H and O–H groups in total. The molecule has 0 bridgehead atoms. The summed E-state index contributed by atoms with van der Waals surface area (Å²) in [6, 6.07) is 3.66. The number of aliphatic hydroxyl groups excluding tert-OH is 1. The van der Waals surface area contributed by atoms with Crippen LogP contribution in [0.3, 0.4) is 0 Å². The van der Waals surface area contributed by atoms with Gasteiger partial charge >= 0.3 is 0 Å². The van der Waals surface area contributed by atoms with Gasteiger partial charge in [-0.1, -0.05) is 13.8 Å². The molecule has 1 unspecified atom stereocenters. The van der Waals surface area contributed by atoms with Crippen LogP contribution in [-0.2, 0) is 0 Å². The number of carbonyl (C=O) groups is 1. The predicted molar refractivity (Wildman–Crippen MR) is 74.4 cm³/mol. The van der Waals surface area contributed by atoms with E-state index in [0.717, 1.165) is 3.79 Å². The lowest BCUT2D eigenvalue weighted by atomic mass is 9.87. The molecule has 17 heavy (non-hydrogen) atoms. The van der Waals surface area contributed by atoms with Crippen molar-refractivity contribution < 1.29 is 9.90 Å². The summed E-state index contributed by atoms with van der Waals surface area (Å²) in [4.78, 5) is 12.5. The van der Waals surface area contributed by atoms with Crippen LogP contribution >= 0.6 is 27.3 Å². The second-order valence-corrected chi connectivity index (χ2v) is 7.47. The molecule has 0 aromatic carbocycles. The van der Waals surface area contributed by atoms with E-state index in [1.807, 2.05) is 19.9 Å². The van der Waals surface area contributed by atoms with E-state index in [2.05, 4.69) is 21.2 Å². The largest absolute Gasteiger partial charge is 0.393 e. The Morgan fingerprint density at radius 3 is 2.71 bits per heavy atom. The van der Waals surface area contributed by atoms with Gasteiger partial charge in [-0.2, -0.15) is 0 Å². The van der Waals surface area contributed by atoms with E-state index in [1.165, 1.54) is 11.3 Å². The van der Waals surface area contributed by atoms with Crippen molar-refractivity contribution in [2.75, 3.05) is 6.54 Å². The highest BCUT2D eigenvalue weighted by Gasteiger charge is 2.21. The van der Waals surface area contributed by atoms with Crippen molar-refractivity contribution in [3.05, 3.63) is 20.8 Å². The van der Waals surface area contributed by atoms with Gasteiger partial charge in [0.15, 0.2) is 0 Å². The first kappa shape index (κ1) is 14.7. The minimum absolute atomic E-state index is 0.0561. The van der Waals surface area contributed by atoms with Crippen molar-refractivity contribution in [1.82, 2.24) is 5.32 Å². The minimum atomic E-state index is -0.349. The van der Waals surface area contributed by atoms with Crippen molar-refractivity contribution in [2.24, 2.45) is 5.41 Å². The van der Waals surface area contributed by atoms with E-state index in [1.54, 1.807) is 13.0 Å². The van der Waals surface area contributed by atoms with Crippen LogP contribution < -0.4 is 5.32 Å². The van der Waals surface area contributed by atoms with E-state index in [0.29, 0.717) is 17.8 Å². The Morgan fingerprint density at radius 1 is 1.59 bits per heavy atom. The van der Waals surface area contributed by atoms with Gasteiger partial charge in [0, 0.05) is 6.54 Å². The fourth-order valence-electron chi connectivity index (χ4n) is 1.71. The van der Waals surface area contributed by atoms with Gasteiger partial charge in [-0.05, 0) is 46.8 Å². The predicted octanol–water partition coefficient (Wildman–Crippen LogP) is 3.04. The Balaban J connectivity index is 2.48. The molecular formula is C12H18BrNO2S. The van der Waals surface area contributed by atoms with Crippen LogP contribution in [0.15, 0.2) is 15.9 Å². The minimum Gasteiger partial charge on any atom is -0.393 e. The summed E-state index contributed by atoms with van der Waals surface area (Å²) < 4.78 is 0.950. The molecule has 0 aliphatic rings. The molecular weight excluding hydrogens is 302 g/mol. The number of rotatable bonds is 5. The number of thiophene rings is 1. The second kappa shape index (κ2) is 5.98. The number of halogens is 1. The molecule has 0 fully saturated rings. The number of nitrogens with one attached hydrogen (secondary N) is 1. The maximum Gasteiger partial charge on any atom is 0.261 e. The summed E-state index contributed by atoms with van der Waals surface area (Å²) in [5, 5.41) is 12.3. The molecule has 5 heteroatoms. The van der Waals surface area contributed by atoms with Crippen molar-refractivity contribution in [1.29, 1.82) is 0 Å². The van der Waals surface area contributed by atoms with Crippen LogP contribution in [0.5, 0.6) is 0 Å². The zero-order chi connectivity index (χ0) is 13.1. The monoisotopic (exact) mass is 319 g/mol. The van der Waals surface area contributed by atoms with Gasteiger partial charge in [0.25, 0.3) is 5.91 Å². The van der Waals surface area contributed by atoms with Crippen molar-refractivity contribution in [3.8, 4) is 0 Å². The molecule has 1 rings (SSSR count). The van der Waals surface area contributed by atoms with E-state index in [4.69, 9.17) is 0 Å². The molecule has 0 saturated carbocycles. The number of hydrogen-bond acceptors (Lipinski definition) is 3. The van der Waals surface area contributed by atoms with Crippen LogP contribution in [0.4, 0.5) is 0 Å². The lowest BCUT2D eigenvalue weighted by molar-refractivity contribution is 0.0906. The zero-order valence-corrected chi connectivity index (χ0v) is 12.7. The molecule has 0 spiro atoms. The Kier molecular flexibility index (Phi) is 5.16. The molecule has 1 amide bonds. The second-order valence-electron chi connectivity index (χ2n) is 5.00. The van der Waals surface area contributed by atoms with E-state index in [9.17, 15) is 9.90 Å². The first-order chi connectivity index (χ1) is 7.80. The molecule has 1 aromatic heterocycles. The smallest absolute Gasteiger partial charge is 0.261 e. The van der Waals surface area contributed by atoms with Gasteiger partial charge in [0.05, 0.1) is 14.8 Å². The molecule has 1 heterocycles. The Bertz CT molecular complexity index is 388. The highest BCUT2D eigenvalue weighted by atomic mass is 79.9. The Hall–Kier alpha value is -0.390.